The van der Waals surface area contributed by atoms with E-state index in [1.165, 1.54) is 23.3 Å². The van der Waals surface area contributed by atoms with Gasteiger partial charge in [0, 0.05) is 29.2 Å². The summed E-state index contributed by atoms with van der Waals surface area (Å²) in [5.74, 6) is -0.507. The summed E-state index contributed by atoms with van der Waals surface area (Å²) in [4.78, 5) is 25.4. The van der Waals surface area contributed by atoms with Crippen LogP contribution in [0, 0.1) is 0 Å². The van der Waals surface area contributed by atoms with Gasteiger partial charge < -0.3 is 16.0 Å². The molecule has 5 nitrogen and oxygen atoms in total. The third-order valence-corrected chi connectivity index (χ3v) is 4.28. The van der Waals surface area contributed by atoms with Gasteiger partial charge in [-0.3, -0.25) is 9.59 Å². The number of nitrogens with one attached hydrogen (secondary N) is 1. The molecular weight excluding hydrogens is 298 g/mol. The molecule has 0 atom stereocenters. The second-order valence-corrected chi connectivity index (χ2v) is 5.81. The van der Waals surface area contributed by atoms with E-state index in [0.717, 1.165) is 10.1 Å². The van der Waals surface area contributed by atoms with Crippen LogP contribution in [-0.2, 0) is 4.79 Å². The van der Waals surface area contributed by atoms with Crippen LogP contribution in [0.15, 0.2) is 18.2 Å². The number of carbonyl (C=O) groups excluding carboxylic acids is 2. The first-order valence-corrected chi connectivity index (χ1v) is 7.07. The number of nitrogens with zero attached hydrogens (tertiary/aromatic N) is 1. The lowest BCUT2D eigenvalue weighted by atomic mass is 10.2. The Morgan fingerprint density at radius 3 is 2.80 bits per heavy atom. The van der Waals surface area contributed by atoms with Gasteiger partial charge in [0.2, 0.25) is 5.91 Å². The maximum atomic E-state index is 12.3. The van der Waals surface area contributed by atoms with E-state index in [4.69, 9.17) is 17.3 Å². The molecule has 7 heteroatoms. The Balaban J connectivity index is 2.35. The third-order valence-electron chi connectivity index (χ3n) is 2.89. The van der Waals surface area contributed by atoms with E-state index in [0.29, 0.717) is 15.6 Å². The zero-order chi connectivity index (χ0) is 14.9. The van der Waals surface area contributed by atoms with E-state index in [-0.39, 0.29) is 18.4 Å². The lowest BCUT2D eigenvalue weighted by Gasteiger charge is -2.15. The van der Waals surface area contributed by atoms with E-state index < -0.39 is 0 Å². The fourth-order valence-electron chi connectivity index (χ4n) is 1.79. The number of carbonyl (C=O) groups is 2. The van der Waals surface area contributed by atoms with Crippen molar-refractivity contribution < 1.29 is 9.59 Å². The summed E-state index contributed by atoms with van der Waals surface area (Å²) in [7, 11) is 3.09. The van der Waals surface area contributed by atoms with Crippen LogP contribution in [0.1, 0.15) is 9.67 Å². The van der Waals surface area contributed by atoms with Crippen molar-refractivity contribution >= 4 is 50.5 Å². The average molecular weight is 312 g/mol. The lowest BCUT2D eigenvalue weighted by molar-refractivity contribution is -0.121. The molecule has 0 saturated heterocycles. The molecule has 1 aromatic heterocycles. The van der Waals surface area contributed by atoms with Crippen LogP contribution >= 0.6 is 22.9 Å². The minimum absolute atomic E-state index is 0.0101. The van der Waals surface area contributed by atoms with Crippen molar-refractivity contribution in [3.63, 3.8) is 0 Å². The van der Waals surface area contributed by atoms with Gasteiger partial charge in [0.05, 0.1) is 12.2 Å². The van der Waals surface area contributed by atoms with Crippen molar-refractivity contribution in [1.82, 2.24) is 10.2 Å². The molecule has 2 amide bonds. The van der Waals surface area contributed by atoms with Gasteiger partial charge in [-0.2, -0.15) is 0 Å². The molecule has 0 aliphatic rings. The molecule has 0 aliphatic heterocycles. The second kappa shape index (κ2) is 5.68. The smallest absolute Gasteiger partial charge is 0.266 e. The van der Waals surface area contributed by atoms with Gasteiger partial charge in [-0.25, -0.2) is 0 Å². The van der Waals surface area contributed by atoms with Crippen LogP contribution in [-0.4, -0.2) is 37.4 Å². The predicted octanol–water partition coefficient (Wildman–Crippen LogP) is 1.95. The number of amides is 2. The van der Waals surface area contributed by atoms with Crippen molar-refractivity contribution in [1.29, 1.82) is 0 Å². The molecule has 106 valence electrons. The number of nitrogen functional groups attached to an aromatic ring is 1. The first kappa shape index (κ1) is 14.6. The van der Waals surface area contributed by atoms with Gasteiger partial charge in [-0.05, 0) is 18.2 Å². The molecule has 0 unspecified atom stereocenters. The number of fused-ring (bicyclic) bond motifs is 1. The van der Waals surface area contributed by atoms with Gasteiger partial charge in [-0.1, -0.05) is 11.6 Å². The molecule has 1 heterocycles. The SMILES string of the molecule is CNC(=O)CN(C)C(=O)c1sc2cc(Cl)ccc2c1N. The van der Waals surface area contributed by atoms with Crippen molar-refractivity contribution in [2.24, 2.45) is 0 Å². The van der Waals surface area contributed by atoms with Crippen molar-refractivity contribution in [2.45, 2.75) is 0 Å². The zero-order valence-corrected chi connectivity index (χ0v) is 12.6. The molecule has 1 aromatic carbocycles. The fraction of sp³-hybridized carbons (Fsp3) is 0.231. The van der Waals surface area contributed by atoms with Gasteiger partial charge in [0.25, 0.3) is 5.91 Å². The minimum Gasteiger partial charge on any atom is -0.397 e. The van der Waals surface area contributed by atoms with Gasteiger partial charge >= 0.3 is 0 Å². The molecule has 0 radical (unpaired) electrons. The number of hydrogen-bond donors (Lipinski definition) is 2. The van der Waals surface area contributed by atoms with Gasteiger partial charge in [0.15, 0.2) is 0 Å². The summed E-state index contributed by atoms with van der Waals surface area (Å²) >= 11 is 7.20. The highest BCUT2D eigenvalue weighted by Gasteiger charge is 2.21. The number of anilines is 1. The topological polar surface area (TPSA) is 75.4 Å². The van der Waals surface area contributed by atoms with E-state index in [1.54, 1.807) is 25.2 Å². The summed E-state index contributed by atoms with van der Waals surface area (Å²) in [6.07, 6.45) is 0. The third kappa shape index (κ3) is 2.71. The van der Waals surface area contributed by atoms with E-state index >= 15 is 0 Å². The summed E-state index contributed by atoms with van der Waals surface area (Å²) in [5.41, 5.74) is 6.44. The van der Waals surface area contributed by atoms with E-state index in [1.807, 2.05) is 0 Å². The van der Waals surface area contributed by atoms with Crippen LogP contribution in [0.2, 0.25) is 5.02 Å². The lowest BCUT2D eigenvalue weighted by Crippen LogP contribution is -2.36. The largest absolute Gasteiger partial charge is 0.397 e. The maximum Gasteiger partial charge on any atom is 0.266 e. The molecule has 0 aliphatic carbocycles. The van der Waals surface area contributed by atoms with Gasteiger partial charge in [0.1, 0.15) is 4.88 Å². The Kier molecular flexibility index (Phi) is 4.15. The van der Waals surface area contributed by atoms with Crippen LogP contribution in [0.5, 0.6) is 0 Å². The Hall–Kier alpha value is -1.79. The molecular formula is C13H14ClN3O2S. The number of likely N-dealkylation sites (N-methyl/N-ethyl adjacent to an activating group) is 2. The number of thiophene rings is 1. The summed E-state index contributed by atoms with van der Waals surface area (Å²) in [5, 5.41) is 3.87. The Morgan fingerprint density at radius 2 is 2.15 bits per heavy atom. The van der Waals surface area contributed by atoms with E-state index in [9.17, 15) is 9.59 Å². The number of rotatable bonds is 3. The van der Waals surface area contributed by atoms with Crippen molar-refractivity contribution in [2.75, 3.05) is 26.4 Å². The molecule has 0 spiro atoms. The van der Waals surface area contributed by atoms with Gasteiger partial charge in [-0.15, -0.1) is 11.3 Å². The van der Waals surface area contributed by atoms with Crippen molar-refractivity contribution in [3.8, 4) is 0 Å². The molecule has 0 saturated carbocycles. The molecule has 0 fully saturated rings. The van der Waals surface area contributed by atoms with Crippen LogP contribution in [0.3, 0.4) is 0 Å². The first-order chi connectivity index (χ1) is 9.43. The summed E-state index contributed by atoms with van der Waals surface area (Å²) < 4.78 is 0.853. The Morgan fingerprint density at radius 1 is 1.45 bits per heavy atom. The molecule has 2 rings (SSSR count). The fourth-order valence-corrected chi connectivity index (χ4v) is 3.18. The minimum atomic E-state index is -0.275. The summed E-state index contributed by atoms with van der Waals surface area (Å²) in [6, 6.07) is 5.29. The second-order valence-electron chi connectivity index (χ2n) is 4.32. The Labute approximate surface area is 125 Å². The molecule has 3 N–H and O–H groups in total. The number of halogens is 1. The predicted molar refractivity (Wildman–Crippen MR) is 82.3 cm³/mol. The molecule has 0 bridgehead atoms. The van der Waals surface area contributed by atoms with Crippen molar-refractivity contribution in [3.05, 3.63) is 28.1 Å². The zero-order valence-electron chi connectivity index (χ0n) is 11.1. The normalized spacial score (nSPS) is 10.6. The number of nitrogens with two attached hydrogens (primary N) is 1. The highest BCUT2D eigenvalue weighted by molar-refractivity contribution is 7.21. The Bertz CT molecular complexity index is 684. The van der Waals surface area contributed by atoms with Crippen LogP contribution in [0.25, 0.3) is 10.1 Å². The first-order valence-electron chi connectivity index (χ1n) is 5.87. The van der Waals surface area contributed by atoms with Crippen LogP contribution in [0.4, 0.5) is 5.69 Å². The quantitative estimate of drug-likeness (QED) is 0.909. The highest BCUT2D eigenvalue weighted by atomic mass is 35.5. The number of hydrogen-bond acceptors (Lipinski definition) is 4. The maximum absolute atomic E-state index is 12.3. The highest BCUT2D eigenvalue weighted by Crippen LogP contribution is 2.35. The molecule has 20 heavy (non-hydrogen) atoms. The number of benzene rings is 1. The molecule has 2 aromatic rings. The monoisotopic (exact) mass is 311 g/mol. The standard InChI is InChI=1S/C13H14ClN3O2S/c1-16-10(18)6-17(2)13(19)12-11(15)8-4-3-7(14)5-9(8)20-12/h3-5H,6,15H2,1-2H3,(H,16,18). The summed E-state index contributed by atoms with van der Waals surface area (Å²) in [6.45, 7) is -0.0101. The van der Waals surface area contributed by atoms with Crippen LogP contribution < -0.4 is 11.1 Å². The van der Waals surface area contributed by atoms with E-state index in [2.05, 4.69) is 5.32 Å². The average Bonchev–Trinajstić information content (AvgIpc) is 2.74.